The molecule has 0 bridgehead atoms. The van der Waals surface area contributed by atoms with Gasteiger partial charge in [-0.15, -0.1) is 0 Å². The van der Waals surface area contributed by atoms with Gasteiger partial charge in [0, 0.05) is 10.8 Å². The fourth-order valence-electron chi connectivity index (χ4n) is 7.69. The number of rotatable bonds is 3. The summed E-state index contributed by atoms with van der Waals surface area (Å²) >= 11 is 0. The van der Waals surface area contributed by atoms with Gasteiger partial charge < -0.3 is 4.42 Å². The second-order valence-electron chi connectivity index (χ2n) is 12.0. The van der Waals surface area contributed by atoms with E-state index in [1.165, 1.54) is 87.2 Å². The molecule has 0 spiro atoms. The van der Waals surface area contributed by atoms with Crippen molar-refractivity contribution in [1.29, 1.82) is 0 Å². The molecule has 0 aliphatic rings. The number of hydrogen-bond acceptors (Lipinski definition) is 1. The molecule has 208 valence electrons. The van der Waals surface area contributed by atoms with E-state index >= 15 is 0 Å². The molecule has 0 aliphatic heterocycles. The van der Waals surface area contributed by atoms with Gasteiger partial charge >= 0.3 is 0 Å². The second kappa shape index (κ2) is 9.29. The highest BCUT2D eigenvalue weighted by molar-refractivity contribution is 6.30. The lowest BCUT2D eigenvalue weighted by atomic mass is 9.83. The number of benzene rings is 9. The van der Waals surface area contributed by atoms with Crippen LogP contribution in [0.5, 0.6) is 0 Å². The SMILES string of the molecule is c1ccc(-c2ccc3cccc(-c4c5ccccc5c(-c5cc6cccc7oc8cccc5c8c67)c5ccccc45)c3c2)cc1. The molecule has 0 atom stereocenters. The predicted molar refractivity (Wildman–Crippen MR) is 191 cm³/mol. The first-order valence-corrected chi connectivity index (χ1v) is 15.5. The first kappa shape index (κ1) is 24.5. The van der Waals surface area contributed by atoms with Crippen LogP contribution in [0.1, 0.15) is 0 Å². The Morgan fingerprint density at radius 2 is 0.889 bits per heavy atom. The van der Waals surface area contributed by atoms with E-state index in [0.29, 0.717) is 0 Å². The van der Waals surface area contributed by atoms with E-state index in [4.69, 9.17) is 4.42 Å². The lowest BCUT2D eigenvalue weighted by molar-refractivity contribution is 0.669. The van der Waals surface area contributed by atoms with Crippen molar-refractivity contribution in [3.8, 4) is 33.4 Å². The quantitative estimate of drug-likeness (QED) is 0.152. The van der Waals surface area contributed by atoms with Crippen LogP contribution in [0.3, 0.4) is 0 Å². The molecule has 1 aromatic heterocycles. The minimum absolute atomic E-state index is 0.941. The summed E-state index contributed by atoms with van der Waals surface area (Å²) in [5.41, 5.74) is 9.39. The molecular weight excluding hydrogens is 544 g/mol. The molecule has 45 heavy (non-hydrogen) atoms. The molecule has 0 radical (unpaired) electrons. The molecular formula is C44H26O. The Bertz CT molecular complexity index is 2690. The van der Waals surface area contributed by atoms with Gasteiger partial charge in [-0.05, 0) is 101 Å². The van der Waals surface area contributed by atoms with Gasteiger partial charge in [0.25, 0.3) is 0 Å². The Morgan fingerprint density at radius 1 is 0.311 bits per heavy atom. The van der Waals surface area contributed by atoms with E-state index in [1.54, 1.807) is 0 Å². The highest BCUT2D eigenvalue weighted by Gasteiger charge is 2.22. The fraction of sp³-hybridized carbons (Fsp3) is 0. The molecule has 0 N–H and O–H groups in total. The minimum Gasteiger partial charge on any atom is -0.456 e. The van der Waals surface area contributed by atoms with E-state index in [9.17, 15) is 0 Å². The zero-order valence-corrected chi connectivity index (χ0v) is 24.4. The first-order chi connectivity index (χ1) is 22.3. The molecule has 9 aromatic carbocycles. The third kappa shape index (κ3) is 3.50. The molecule has 0 saturated heterocycles. The molecule has 0 amide bonds. The maximum Gasteiger partial charge on any atom is 0.136 e. The van der Waals surface area contributed by atoms with Crippen molar-refractivity contribution in [2.24, 2.45) is 0 Å². The summed E-state index contributed by atoms with van der Waals surface area (Å²) in [6.45, 7) is 0. The molecule has 1 heterocycles. The molecule has 10 aromatic rings. The van der Waals surface area contributed by atoms with Crippen LogP contribution >= 0.6 is 0 Å². The van der Waals surface area contributed by atoms with Gasteiger partial charge in [-0.1, -0.05) is 133 Å². The summed E-state index contributed by atoms with van der Waals surface area (Å²) in [5, 5.41) is 12.4. The van der Waals surface area contributed by atoms with Gasteiger partial charge in [-0.25, -0.2) is 0 Å². The molecule has 0 fully saturated rings. The van der Waals surface area contributed by atoms with E-state index in [2.05, 4.69) is 158 Å². The number of fused-ring (bicyclic) bond motifs is 3. The van der Waals surface area contributed by atoms with Gasteiger partial charge in [-0.3, -0.25) is 0 Å². The molecule has 1 nitrogen and oxygen atoms in total. The van der Waals surface area contributed by atoms with Crippen molar-refractivity contribution in [3.05, 3.63) is 158 Å². The Morgan fingerprint density at radius 3 is 1.62 bits per heavy atom. The zero-order valence-electron chi connectivity index (χ0n) is 24.4. The Kier molecular flexibility index (Phi) is 5.06. The third-order valence-corrected chi connectivity index (χ3v) is 9.60. The summed E-state index contributed by atoms with van der Waals surface area (Å²) in [6, 6.07) is 57.4. The van der Waals surface area contributed by atoms with E-state index in [1.807, 2.05) is 0 Å². The number of hydrogen-bond donors (Lipinski definition) is 0. The normalized spacial score (nSPS) is 12.0. The lowest BCUT2D eigenvalue weighted by Gasteiger charge is -2.20. The topological polar surface area (TPSA) is 13.1 Å². The van der Waals surface area contributed by atoms with Crippen LogP contribution < -0.4 is 0 Å². The summed E-state index contributed by atoms with van der Waals surface area (Å²) < 4.78 is 6.34. The average Bonchev–Trinajstić information content (AvgIpc) is 3.50. The van der Waals surface area contributed by atoms with Crippen molar-refractivity contribution in [1.82, 2.24) is 0 Å². The third-order valence-electron chi connectivity index (χ3n) is 9.60. The van der Waals surface area contributed by atoms with Crippen LogP contribution in [-0.4, -0.2) is 0 Å². The van der Waals surface area contributed by atoms with E-state index in [0.717, 1.165) is 11.2 Å². The highest BCUT2D eigenvalue weighted by Crippen LogP contribution is 2.49. The Balaban J connectivity index is 1.35. The van der Waals surface area contributed by atoms with Crippen LogP contribution in [0.25, 0.3) is 98.4 Å². The minimum atomic E-state index is 0.941. The molecule has 0 saturated carbocycles. The van der Waals surface area contributed by atoms with Crippen LogP contribution in [0.15, 0.2) is 162 Å². The highest BCUT2D eigenvalue weighted by atomic mass is 16.3. The van der Waals surface area contributed by atoms with Crippen LogP contribution in [0, 0.1) is 0 Å². The summed E-state index contributed by atoms with van der Waals surface area (Å²) in [5.74, 6) is 0. The first-order valence-electron chi connectivity index (χ1n) is 15.5. The Hall–Kier alpha value is -5.92. The van der Waals surface area contributed by atoms with Gasteiger partial charge in [-0.2, -0.15) is 0 Å². The molecule has 0 aliphatic carbocycles. The summed E-state index contributed by atoms with van der Waals surface area (Å²) in [4.78, 5) is 0. The van der Waals surface area contributed by atoms with Gasteiger partial charge in [0.05, 0.1) is 0 Å². The summed E-state index contributed by atoms with van der Waals surface area (Å²) in [7, 11) is 0. The van der Waals surface area contributed by atoms with Gasteiger partial charge in [0.2, 0.25) is 0 Å². The zero-order chi connectivity index (χ0) is 29.5. The largest absolute Gasteiger partial charge is 0.456 e. The van der Waals surface area contributed by atoms with Crippen molar-refractivity contribution < 1.29 is 4.42 Å². The van der Waals surface area contributed by atoms with Gasteiger partial charge in [0.15, 0.2) is 0 Å². The van der Waals surface area contributed by atoms with E-state index < -0.39 is 0 Å². The standard InChI is InChI=1S/C44H26O/c1-2-11-27(12-3-1)29-24-23-28-13-8-19-35(37(28)25-29)42-31-15-4-6-17-33(31)43(34-18-7-5-16-32(34)42)38-26-30-14-9-21-39-41(30)44-36(38)20-10-22-40(44)45-39/h1-26H. The fourth-order valence-corrected chi connectivity index (χ4v) is 7.69. The smallest absolute Gasteiger partial charge is 0.136 e. The maximum absolute atomic E-state index is 6.34. The van der Waals surface area contributed by atoms with E-state index in [-0.39, 0.29) is 0 Å². The monoisotopic (exact) mass is 570 g/mol. The van der Waals surface area contributed by atoms with Crippen molar-refractivity contribution >= 4 is 65.0 Å². The Labute approximate surface area is 259 Å². The van der Waals surface area contributed by atoms with Crippen LogP contribution in [0.4, 0.5) is 0 Å². The maximum atomic E-state index is 6.34. The molecule has 10 rings (SSSR count). The number of furan rings is 1. The predicted octanol–water partition coefficient (Wildman–Crippen LogP) is 12.6. The van der Waals surface area contributed by atoms with Crippen molar-refractivity contribution in [2.45, 2.75) is 0 Å². The van der Waals surface area contributed by atoms with Crippen LogP contribution in [0.2, 0.25) is 0 Å². The average molecular weight is 571 g/mol. The molecule has 1 heteroatoms. The van der Waals surface area contributed by atoms with Crippen molar-refractivity contribution in [2.75, 3.05) is 0 Å². The van der Waals surface area contributed by atoms with Gasteiger partial charge in [0.1, 0.15) is 11.2 Å². The van der Waals surface area contributed by atoms with Crippen molar-refractivity contribution in [3.63, 3.8) is 0 Å². The second-order valence-corrected chi connectivity index (χ2v) is 12.0. The lowest BCUT2D eigenvalue weighted by Crippen LogP contribution is -1.93. The molecule has 0 unspecified atom stereocenters. The van der Waals surface area contributed by atoms with Crippen LogP contribution in [-0.2, 0) is 0 Å². The summed E-state index contributed by atoms with van der Waals surface area (Å²) in [6.07, 6.45) is 0.